The number of H-pyrrole nitrogens is 1. The van der Waals surface area contributed by atoms with Gasteiger partial charge in [0.05, 0.1) is 6.42 Å². The molecule has 4 nitrogen and oxygen atoms in total. The number of hydrogen-bond donors (Lipinski definition) is 1. The Hall–Kier alpha value is -1.55. The fraction of sp³-hybridized carbons (Fsp3) is 0.111. The first kappa shape index (κ1) is 9.02. The van der Waals surface area contributed by atoms with Crippen molar-refractivity contribution in [2.45, 2.75) is 6.42 Å². The third-order valence-electron chi connectivity index (χ3n) is 1.78. The van der Waals surface area contributed by atoms with E-state index in [0.29, 0.717) is 17.3 Å². The molecule has 5 heteroatoms. The van der Waals surface area contributed by atoms with E-state index in [1.807, 2.05) is 18.2 Å². The maximum absolute atomic E-state index is 10.7. The average molecular weight is 211 g/mol. The second-order valence-electron chi connectivity index (χ2n) is 2.78. The van der Waals surface area contributed by atoms with Crippen LogP contribution in [0, 0.1) is 0 Å². The lowest BCUT2D eigenvalue weighted by Gasteiger charge is -1.98. The molecule has 1 N–H and O–H groups in total. The van der Waals surface area contributed by atoms with Gasteiger partial charge < -0.3 is 4.52 Å². The number of rotatable bonds is 2. The van der Waals surface area contributed by atoms with Crippen molar-refractivity contribution in [3.63, 3.8) is 0 Å². The van der Waals surface area contributed by atoms with Gasteiger partial charge in [0.25, 0.3) is 0 Å². The summed E-state index contributed by atoms with van der Waals surface area (Å²) in [6.45, 7) is 0. The molecule has 0 bridgehead atoms. The molecule has 72 valence electrons. The van der Waals surface area contributed by atoms with Crippen LogP contribution < -0.4 is 5.69 Å². The van der Waals surface area contributed by atoms with Crippen LogP contribution in [-0.2, 0) is 6.42 Å². The Morgan fingerprint density at radius 3 is 2.86 bits per heavy atom. The number of nitrogens with zero attached hydrogens (tertiary/aromatic N) is 1. The number of hydrogen-bond acceptors (Lipinski definition) is 3. The Bertz CT molecular complexity index is 489. The van der Waals surface area contributed by atoms with Gasteiger partial charge in [-0.05, 0) is 11.6 Å². The molecule has 2 rings (SSSR count). The fourth-order valence-electron chi connectivity index (χ4n) is 1.14. The zero-order valence-corrected chi connectivity index (χ0v) is 7.91. The summed E-state index contributed by atoms with van der Waals surface area (Å²) in [4.78, 5) is 14.3. The molecule has 0 saturated carbocycles. The summed E-state index contributed by atoms with van der Waals surface area (Å²) in [7, 11) is 0. The van der Waals surface area contributed by atoms with Gasteiger partial charge in [-0.2, -0.15) is 10.1 Å². The zero-order chi connectivity index (χ0) is 9.97. The Balaban J connectivity index is 2.27. The van der Waals surface area contributed by atoms with E-state index in [9.17, 15) is 4.79 Å². The summed E-state index contributed by atoms with van der Waals surface area (Å²) >= 11 is 5.92. The molecule has 1 aromatic heterocycles. The molecular formula is C9H7ClN2O2. The second-order valence-corrected chi connectivity index (χ2v) is 3.19. The van der Waals surface area contributed by atoms with Crippen molar-refractivity contribution >= 4 is 11.6 Å². The third-order valence-corrected chi connectivity index (χ3v) is 2.15. The van der Waals surface area contributed by atoms with Gasteiger partial charge in [0.15, 0.2) is 0 Å². The quantitative estimate of drug-likeness (QED) is 0.819. The smallest absolute Gasteiger partial charge is 0.362 e. The van der Waals surface area contributed by atoms with Gasteiger partial charge in [-0.25, -0.2) is 4.79 Å². The first-order valence-electron chi connectivity index (χ1n) is 4.03. The van der Waals surface area contributed by atoms with Gasteiger partial charge >= 0.3 is 5.69 Å². The van der Waals surface area contributed by atoms with E-state index in [0.717, 1.165) is 5.56 Å². The van der Waals surface area contributed by atoms with E-state index in [-0.39, 0.29) is 0 Å². The standard InChI is InChI=1S/C9H7ClN2O2/c10-7-4-2-1-3-6(7)5-8-11-9(13)12-14-8/h1-4H,5H2,(H,12,13). The lowest BCUT2D eigenvalue weighted by Crippen LogP contribution is -2.01. The number of aromatic amines is 1. The van der Waals surface area contributed by atoms with Gasteiger partial charge in [-0.3, -0.25) is 0 Å². The van der Waals surface area contributed by atoms with E-state index in [1.165, 1.54) is 0 Å². The highest BCUT2D eigenvalue weighted by Crippen LogP contribution is 2.17. The molecule has 0 aliphatic heterocycles. The Kier molecular flexibility index (Phi) is 2.37. The molecule has 1 aromatic carbocycles. The topological polar surface area (TPSA) is 58.9 Å². The molecule has 0 atom stereocenters. The highest BCUT2D eigenvalue weighted by atomic mass is 35.5. The molecule has 0 aliphatic rings. The molecule has 0 aliphatic carbocycles. The fourth-order valence-corrected chi connectivity index (χ4v) is 1.34. The number of nitrogens with one attached hydrogen (secondary N) is 1. The molecule has 2 aromatic rings. The molecule has 0 fully saturated rings. The Morgan fingerprint density at radius 1 is 1.43 bits per heavy atom. The molecule has 0 spiro atoms. The zero-order valence-electron chi connectivity index (χ0n) is 7.16. The number of benzene rings is 1. The van der Waals surface area contributed by atoms with Gasteiger partial charge in [0.2, 0.25) is 5.89 Å². The summed E-state index contributed by atoms with van der Waals surface area (Å²) in [5.41, 5.74) is 0.400. The molecule has 1 heterocycles. The first-order valence-corrected chi connectivity index (χ1v) is 4.41. The van der Waals surface area contributed by atoms with E-state index in [4.69, 9.17) is 16.1 Å². The van der Waals surface area contributed by atoms with Crippen molar-refractivity contribution < 1.29 is 4.52 Å². The molecule has 0 unspecified atom stereocenters. The maximum Gasteiger partial charge on any atom is 0.377 e. The van der Waals surface area contributed by atoms with Crippen LogP contribution in [0.1, 0.15) is 11.5 Å². The number of halogens is 1. The maximum atomic E-state index is 10.7. The van der Waals surface area contributed by atoms with E-state index in [1.54, 1.807) is 6.07 Å². The van der Waals surface area contributed by atoms with Crippen LogP contribution in [-0.4, -0.2) is 10.1 Å². The van der Waals surface area contributed by atoms with E-state index < -0.39 is 5.69 Å². The molecular weight excluding hydrogens is 204 g/mol. The van der Waals surface area contributed by atoms with Gasteiger partial charge in [-0.1, -0.05) is 29.8 Å². The number of aromatic nitrogens is 2. The average Bonchev–Trinajstić information content (AvgIpc) is 2.56. The minimum absolute atomic E-state index is 0.336. The second kappa shape index (κ2) is 3.67. The van der Waals surface area contributed by atoms with E-state index in [2.05, 4.69) is 10.1 Å². The predicted molar refractivity (Wildman–Crippen MR) is 51.4 cm³/mol. The van der Waals surface area contributed by atoms with Crippen molar-refractivity contribution in [1.82, 2.24) is 10.1 Å². The molecule has 0 amide bonds. The van der Waals surface area contributed by atoms with Crippen LogP contribution in [0.25, 0.3) is 0 Å². The van der Waals surface area contributed by atoms with Crippen molar-refractivity contribution in [3.05, 3.63) is 51.2 Å². The van der Waals surface area contributed by atoms with Crippen molar-refractivity contribution in [1.29, 1.82) is 0 Å². The van der Waals surface area contributed by atoms with Crippen molar-refractivity contribution in [2.75, 3.05) is 0 Å². The SMILES string of the molecule is O=c1nc(Cc2ccccc2Cl)o[nH]1. The minimum atomic E-state index is -0.480. The Morgan fingerprint density at radius 2 is 2.21 bits per heavy atom. The normalized spacial score (nSPS) is 10.4. The summed E-state index contributed by atoms with van der Waals surface area (Å²) in [5, 5.41) is 2.76. The van der Waals surface area contributed by atoms with Crippen LogP contribution in [0.15, 0.2) is 33.6 Å². The largest absolute Gasteiger partial charge is 0.377 e. The lowest BCUT2D eigenvalue weighted by atomic mass is 10.1. The van der Waals surface area contributed by atoms with Crippen molar-refractivity contribution in [3.8, 4) is 0 Å². The van der Waals surface area contributed by atoms with Crippen LogP contribution in [0.4, 0.5) is 0 Å². The monoisotopic (exact) mass is 210 g/mol. The van der Waals surface area contributed by atoms with Gasteiger partial charge in [0, 0.05) is 5.02 Å². The first-order chi connectivity index (χ1) is 6.75. The summed E-state index contributed by atoms with van der Waals surface area (Å²) in [6.07, 6.45) is 0.415. The summed E-state index contributed by atoms with van der Waals surface area (Å²) in [5.74, 6) is 0.336. The van der Waals surface area contributed by atoms with Crippen LogP contribution >= 0.6 is 11.6 Å². The molecule has 14 heavy (non-hydrogen) atoms. The van der Waals surface area contributed by atoms with Gasteiger partial charge in [0.1, 0.15) is 0 Å². The molecule has 0 saturated heterocycles. The van der Waals surface area contributed by atoms with Crippen LogP contribution in [0.5, 0.6) is 0 Å². The predicted octanol–water partition coefficient (Wildman–Crippen LogP) is 1.61. The highest BCUT2D eigenvalue weighted by Gasteiger charge is 2.05. The van der Waals surface area contributed by atoms with Crippen LogP contribution in [0.3, 0.4) is 0 Å². The summed E-state index contributed by atoms with van der Waals surface area (Å²) in [6, 6.07) is 7.34. The summed E-state index contributed by atoms with van der Waals surface area (Å²) < 4.78 is 4.82. The van der Waals surface area contributed by atoms with Gasteiger partial charge in [-0.15, -0.1) is 0 Å². The minimum Gasteiger partial charge on any atom is -0.362 e. The lowest BCUT2D eigenvalue weighted by molar-refractivity contribution is 0.380. The van der Waals surface area contributed by atoms with Crippen LogP contribution in [0.2, 0.25) is 5.02 Å². The third kappa shape index (κ3) is 1.85. The highest BCUT2D eigenvalue weighted by molar-refractivity contribution is 6.31. The Labute approximate surface area is 84.5 Å². The van der Waals surface area contributed by atoms with Crippen molar-refractivity contribution in [2.24, 2.45) is 0 Å². The molecule has 0 radical (unpaired) electrons. The van der Waals surface area contributed by atoms with E-state index >= 15 is 0 Å².